The van der Waals surface area contributed by atoms with Crippen LogP contribution in [0.2, 0.25) is 0 Å². The van der Waals surface area contributed by atoms with E-state index in [1.54, 1.807) is 18.2 Å². The quantitative estimate of drug-likeness (QED) is 0.814. The Morgan fingerprint density at radius 2 is 2.24 bits per heavy atom. The van der Waals surface area contributed by atoms with Crippen LogP contribution in [0.1, 0.15) is 31.4 Å². The number of rotatable bonds is 5. The minimum absolute atomic E-state index is 0.287. The van der Waals surface area contributed by atoms with Crippen molar-refractivity contribution < 1.29 is 4.74 Å². The number of nitriles is 1. The summed E-state index contributed by atoms with van der Waals surface area (Å²) in [6.07, 6.45) is 0.960. The number of hydrogen-bond acceptors (Lipinski definition) is 3. The van der Waals surface area contributed by atoms with Crippen molar-refractivity contribution in [3.05, 3.63) is 29.3 Å². The van der Waals surface area contributed by atoms with Crippen LogP contribution in [0.15, 0.2) is 18.2 Å². The third kappa shape index (κ3) is 4.04. The van der Waals surface area contributed by atoms with Crippen LogP contribution in [0.3, 0.4) is 0 Å². The van der Waals surface area contributed by atoms with E-state index < -0.39 is 0 Å². The maximum Gasteiger partial charge on any atom is 0.137 e. The fraction of sp³-hybridized carbons (Fsp3) is 0.385. The number of benzene rings is 1. The second kappa shape index (κ2) is 6.21. The molecule has 1 rings (SSSR count). The Kier molecular flexibility index (Phi) is 4.92. The molecule has 0 heterocycles. The Morgan fingerprint density at radius 3 is 2.76 bits per heavy atom. The maximum atomic E-state index is 9.02. The molecule has 0 amide bonds. The van der Waals surface area contributed by atoms with Crippen LogP contribution in [0.5, 0.6) is 5.75 Å². The molecule has 0 aliphatic heterocycles. The van der Waals surface area contributed by atoms with E-state index in [-0.39, 0.29) is 4.99 Å². The number of nitrogens with zero attached hydrogens (tertiary/aromatic N) is 1. The lowest BCUT2D eigenvalue weighted by Crippen LogP contribution is -2.10. The number of nitrogens with two attached hydrogens (primary N) is 1. The molecule has 0 aromatic heterocycles. The zero-order chi connectivity index (χ0) is 12.8. The first-order valence-corrected chi connectivity index (χ1v) is 5.92. The van der Waals surface area contributed by atoms with Crippen molar-refractivity contribution in [1.82, 2.24) is 0 Å². The summed E-state index contributed by atoms with van der Waals surface area (Å²) in [5, 5.41) is 9.02. The highest BCUT2D eigenvalue weighted by Crippen LogP contribution is 2.20. The Balaban J connectivity index is 2.79. The van der Waals surface area contributed by atoms with Gasteiger partial charge in [0.05, 0.1) is 12.2 Å². The van der Waals surface area contributed by atoms with Crippen molar-refractivity contribution in [2.24, 2.45) is 11.7 Å². The summed E-state index contributed by atoms with van der Waals surface area (Å²) in [5.74, 6) is 1.17. The molecule has 0 bridgehead atoms. The largest absolute Gasteiger partial charge is 0.492 e. The predicted octanol–water partition coefficient (Wildman–Crippen LogP) is 2.62. The zero-order valence-corrected chi connectivity index (χ0v) is 10.9. The molecule has 4 heteroatoms. The van der Waals surface area contributed by atoms with Gasteiger partial charge in [-0.15, -0.1) is 0 Å². The van der Waals surface area contributed by atoms with Gasteiger partial charge in [-0.1, -0.05) is 26.1 Å². The molecule has 1 aromatic carbocycles. The zero-order valence-electron chi connectivity index (χ0n) is 10.1. The molecular weight excluding hydrogens is 232 g/mol. The first-order chi connectivity index (χ1) is 8.04. The second-order valence-electron chi connectivity index (χ2n) is 4.22. The van der Waals surface area contributed by atoms with E-state index in [0.717, 1.165) is 6.42 Å². The Morgan fingerprint density at radius 1 is 1.53 bits per heavy atom. The molecule has 0 fully saturated rings. The summed E-state index contributed by atoms with van der Waals surface area (Å²) in [5.41, 5.74) is 6.67. The van der Waals surface area contributed by atoms with E-state index >= 15 is 0 Å². The standard InChI is InChI=1S/C13H16N2OS/c1-9(2)5-6-16-12-4-3-10(13(15)17)7-11(12)8-14/h3-4,7,9H,5-6H2,1-2H3,(H2,15,17). The van der Waals surface area contributed by atoms with E-state index in [9.17, 15) is 0 Å². The number of hydrogen-bond donors (Lipinski definition) is 1. The fourth-order valence-corrected chi connectivity index (χ4v) is 1.43. The van der Waals surface area contributed by atoms with Crippen LogP contribution in [0, 0.1) is 17.2 Å². The van der Waals surface area contributed by atoms with Gasteiger partial charge in [-0.2, -0.15) is 5.26 Å². The van der Waals surface area contributed by atoms with E-state index in [1.165, 1.54) is 0 Å². The van der Waals surface area contributed by atoms with Crippen LogP contribution in [0.4, 0.5) is 0 Å². The maximum absolute atomic E-state index is 9.02. The average molecular weight is 248 g/mol. The summed E-state index contributed by atoms with van der Waals surface area (Å²) in [7, 11) is 0. The van der Waals surface area contributed by atoms with Crippen LogP contribution in [-0.2, 0) is 0 Å². The van der Waals surface area contributed by atoms with Gasteiger partial charge in [-0.3, -0.25) is 0 Å². The lowest BCUT2D eigenvalue weighted by molar-refractivity contribution is 0.289. The van der Waals surface area contributed by atoms with E-state index in [0.29, 0.717) is 29.4 Å². The van der Waals surface area contributed by atoms with Gasteiger partial charge in [0.1, 0.15) is 16.8 Å². The Bertz CT molecular complexity index is 449. The second-order valence-corrected chi connectivity index (χ2v) is 4.66. The van der Waals surface area contributed by atoms with Gasteiger partial charge in [0, 0.05) is 5.56 Å². The predicted molar refractivity (Wildman–Crippen MR) is 72.0 cm³/mol. The number of ether oxygens (including phenoxy) is 1. The first kappa shape index (κ1) is 13.5. The molecule has 0 saturated carbocycles. The van der Waals surface area contributed by atoms with Gasteiger partial charge >= 0.3 is 0 Å². The molecule has 90 valence electrons. The summed E-state index contributed by atoms with van der Waals surface area (Å²) in [6.45, 7) is 4.87. The highest BCUT2D eigenvalue weighted by Gasteiger charge is 2.06. The Labute approximate surface area is 107 Å². The third-order valence-electron chi connectivity index (χ3n) is 2.34. The molecule has 3 nitrogen and oxygen atoms in total. The van der Waals surface area contributed by atoms with Gasteiger partial charge in [0.25, 0.3) is 0 Å². The van der Waals surface area contributed by atoms with Crippen molar-refractivity contribution in [1.29, 1.82) is 5.26 Å². The van der Waals surface area contributed by atoms with Gasteiger partial charge in [-0.25, -0.2) is 0 Å². The van der Waals surface area contributed by atoms with Gasteiger partial charge in [0.15, 0.2) is 0 Å². The highest BCUT2D eigenvalue weighted by molar-refractivity contribution is 7.80. The van der Waals surface area contributed by atoms with Crippen molar-refractivity contribution >= 4 is 17.2 Å². The van der Waals surface area contributed by atoms with Crippen LogP contribution in [-0.4, -0.2) is 11.6 Å². The smallest absolute Gasteiger partial charge is 0.137 e. The lowest BCUT2D eigenvalue weighted by atomic mass is 10.1. The van der Waals surface area contributed by atoms with Crippen molar-refractivity contribution in [3.8, 4) is 11.8 Å². The SMILES string of the molecule is CC(C)CCOc1ccc(C(N)=S)cc1C#N. The molecule has 0 aliphatic carbocycles. The van der Waals surface area contributed by atoms with E-state index in [1.807, 2.05) is 0 Å². The highest BCUT2D eigenvalue weighted by atomic mass is 32.1. The normalized spacial score (nSPS) is 10.0. The van der Waals surface area contributed by atoms with E-state index in [2.05, 4.69) is 19.9 Å². The summed E-state index contributed by atoms with van der Waals surface area (Å²) in [6, 6.07) is 7.26. The molecular formula is C13H16N2OS. The van der Waals surface area contributed by atoms with Gasteiger partial charge < -0.3 is 10.5 Å². The minimum atomic E-state index is 0.287. The molecule has 0 unspecified atom stereocenters. The molecule has 0 saturated heterocycles. The Hall–Kier alpha value is -1.60. The first-order valence-electron chi connectivity index (χ1n) is 5.51. The number of thiocarbonyl (C=S) groups is 1. The molecule has 17 heavy (non-hydrogen) atoms. The summed E-state index contributed by atoms with van der Waals surface area (Å²) < 4.78 is 5.57. The molecule has 2 N–H and O–H groups in total. The minimum Gasteiger partial charge on any atom is -0.492 e. The average Bonchev–Trinajstić information content (AvgIpc) is 2.28. The van der Waals surface area contributed by atoms with Crippen LogP contribution >= 0.6 is 12.2 Å². The molecule has 0 aliphatic rings. The van der Waals surface area contributed by atoms with Crippen molar-refractivity contribution in [2.45, 2.75) is 20.3 Å². The van der Waals surface area contributed by atoms with E-state index in [4.69, 9.17) is 28.0 Å². The summed E-state index contributed by atoms with van der Waals surface area (Å²) >= 11 is 4.86. The third-order valence-corrected chi connectivity index (χ3v) is 2.57. The van der Waals surface area contributed by atoms with Gasteiger partial charge in [0.2, 0.25) is 0 Å². The lowest BCUT2D eigenvalue weighted by Gasteiger charge is -2.10. The van der Waals surface area contributed by atoms with Crippen molar-refractivity contribution in [2.75, 3.05) is 6.61 Å². The molecule has 0 spiro atoms. The summed E-state index contributed by atoms with van der Waals surface area (Å²) in [4.78, 5) is 0.287. The molecule has 1 aromatic rings. The molecule has 0 atom stereocenters. The van der Waals surface area contributed by atoms with Crippen LogP contribution in [0.25, 0.3) is 0 Å². The molecule has 0 radical (unpaired) electrons. The van der Waals surface area contributed by atoms with Crippen molar-refractivity contribution in [3.63, 3.8) is 0 Å². The van der Waals surface area contributed by atoms with Gasteiger partial charge in [-0.05, 0) is 30.5 Å². The topological polar surface area (TPSA) is 59.0 Å². The monoisotopic (exact) mass is 248 g/mol. The van der Waals surface area contributed by atoms with Crippen LogP contribution < -0.4 is 10.5 Å². The fourth-order valence-electron chi connectivity index (χ4n) is 1.30.